The molecule has 7 heteroatoms. The standard InChI is InChI=1S/C12H13Cl2N3OS/c13-6-5-7(14)11-12(17-19-16-11)10(6)15-8-3-1-2-4-9(8)18/h5,8-9,15,18H,1-4H2. The van der Waals surface area contributed by atoms with Gasteiger partial charge >= 0.3 is 0 Å². The van der Waals surface area contributed by atoms with Crippen LogP contribution in [0.25, 0.3) is 11.0 Å². The summed E-state index contributed by atoms with van der Waals surface area (Å²) >= 11 is 13.4. The zero-order valence-electron chi connectivity index (χ0n) is 10.1. The van der Waals surface area contributed by atoms with Crippen molar-refractivity contribution < 1.29 is 5.11 Å². The molecule has 1 saturated carbocycles. The Labute approximate surface area is 125 Å². The summed E-state index contributed by atoms with van der Waals surface area (Å²) in [5, 5.41) is 14.4. The first-order valence-corrected chi connectivity index (χ1v) is 7.70. The first-order valence-electron chi connectivity index (χ1n) is 6.21. The Morgan fingerprint density at radius 1 is 1.16 bits per heavy atom. The highest BCUT2D eigenvalue weighted by atomic mass is 35.5. The van der Waals surface area contributed by atoms with Gasteiger partial charge in [0.2, 0.25) is 0 Å². The van der Waals surface area contributed by atoms with E-state index in [0.717, 1.165) is 43.1 Å². The van der Waals surface area contributed by atoms with E-state index in [-0.39, 0.29) is 12.1 Å². The van der Waals surface area contributed by atoms with Crippen LogP contribution in [0.5, 0.6) is 0 Å². The Morgan fingerprint density at radius 3 is 2.68 bits per heavy atom. The number of nitrogens with one attached hydrogen (secondary N) is 1. The van der Waals surface area contributed by atoms with Gasteiger partial charge in [-0.25, -0.2) is 0 Å². The van der Waals surface area contributed by atoms with Crippen LogP contribution in [0.3, 0.4) is 0 Å². The van der Waals surface area contributed by atoms with E-state index in [1.807, 2.05) is 0 Å². The zero-order chi connectivity index (χ0) is 13.4. The fraction of sp³-hybridized carbons (Fsp3) is 0.500. The monoisotopic (exact) mass is 317 g/mol. The van der Waals surface area contributed by atoms with Crippen molar-refractivity contribution >= 4 is 51.7 Å². The van der Waals surface area contributed by atoms with Crippen LogP contribution in [0, 0.1) is 0 Å². The minimum Gasteiger partial charge on any atom is -0.391 e. The second-order valence-electron chi connectivity index (χ2n) is 4.78. The Bertz CT molecular complexity index is 604. The summed E-state index contributed by atoms with van der Waals surface area (Å²) in [6, 6.07) is 1.68. The van der Waals surface area contributed by atoms with Gasteiger partial charge in [0.15, 0.2) is 0 Å². The van der Waals surface area contributed by atoms with E-state index >= 15 is 0 Å². The van der Waals surface area contributed by atoms with Crippen LogP contribution < -0.4 is 5.32 Å². The maximum Gasteiger partial charge on any atom is 0.130 e. The smallest absolute Gasteiger partial charge is 0.130 e. The molecule has 0 amide bonds. The number of nitrogens with zero attached hydrogens (tertiary/aromatic N) is 2. The highest BCUT2D eigenvalue weighted by molar-refractivity contribution is 7.00. The minimum absolute atomic E-state index is 0.0114. The fourth-order valence-corrected chi connectivity index (χ4v) is 3.64. The molecule has 0 saturated heterocycles. The topological polar surface area (TPSA) is 58.0 Å². The molecule has 1 aliphatic carbocycles. The van der Waals surface area contributed by atoms with Gasteiger partial charge in [0.25, 0.3) is 0 Å². The van der Waals surface area contributed by atoms with Crippen LogP contribution in [-0.4, -0.2) is 26.0 Å². The molecule has 2 atom stereocenters. The van der Waals surface area contributed by atoms with Gasteiger partial charge in [0.1, 0.15) is 11.0 Å². The largest absolute Gasteiger partial charge is 0.391 e. The lowest BCUT2D eigenvalue weighted by molar-refractivity contribution is 0.116. The molecule has 1 aliphatic rings. The van der Waals surface area contributed by atoms with E-state index < -0.39 is 0 Å². The fourth-order valence-electron chi connectivity index (χ4n) is 2.48. The van der Waals surface area contributed by atoms with Gasteiger partial charge in [0, 0.05) is 0 Å². The van der Waals surface area contributed by atoms with Crippen LogP contribution in [-0.2, 0) is 0 Å². The summed E-state index contributed by atoms with van der Waals surface area (Å²) in [5.74, 6) is 0. The number of aliphatic hydroxyl groups is 1. The first-order chi connectivity index (χ1) is 9.16. The molecule has 2 N–H and O–H groups in total. The van der Waals surface area contributed by atoms with Crippen LogP contribution in [0.2, 0.25) is 10.0 Å². The first kappa shape index (κ1) is 13.4. The van der Waals surface area contributed by atoms with Crippen molar-refractivity contribution in [2.75, 3.05) is 5.32 Å². The molecule has 1 heterocycles. The van der Waals surface area contributed by atoms with E-state index in [0.29, 0.717) is 21.1 Å². The number of hydrogen-bond donors (Lipinski definition) is 2. The molecule has 1 fully saturated rings. The van der Waals surface area contributed by atoms with Crippen molar-refractivity contribution in [1.82, 2.24) is 8.75 Å². The Hall–Kier alpha value is -0.620. The van der Waals surface area contributed by atoms with E-state index in [2.05, 4.69) is 14.1 Å². The summed E-state index contributed by atoms with van der Waals surface area (Å²) in [5.41, 5.74) is 2.06. The Morgan fingerprint density at radius 2 is 1.89 bits per heavy atom. The van der Waals surface area contributed by atoms with E-state index in [4.69, 9.17) is 23.2 Å². The summed E-state index contributed by atoms with van der Waals surface area (Å²) in [7, 11) is 0. The zero-order valence-corrected chi connectivity index (χ0v) is 12.4. The van der Waals surface area contributed by atoms with Gasteiger partial charge in [-0.1, -0.05) is 36.0 Å². The number of aliphatic hydroxyl groups excluding tert-OH is 1. The molecule has 0 aliphatic heterocycles. The van der Waals surface area contributed by atoms with Crippen LogP contribution >= 0.6 is 34.9 Å². The number of hydrogen-bond acceptors (Lipinski definition) is 5. The molecule has 4 nitrogen and oxygen atoms in total. The third-order valence-corrected chi connectivity index (χ3v) is 4.62. The summed E-state index contributed by atoms with van der Waals surface area (Å²) < 4.78 is 8.42. The maximum absolute atomic E-state index is 10.0. The lowest BCUT2D eigenvalue weighted by Crippen LogP contribution is -2.36. The molecular weight excluding hydrogens is 305 g/mol. The van der Waals surface area contributed by atoms with Gasteiger partial charge in [-0.15, -0.1) is 0 Å². The molecule has 19 heavy (non-hydrogen) atoms. The average molecular weight is 318 g/mol. The Balaban J connectivity index is 1.98. The van der Waals surface area contributed by atoms with Crippen LogP contribution in [0.1, 0.15) is 25.7 Å². The second-order valence-corrected chi connectivity index (χ2v) is 6.12. The van der Waals surface area contributed by atoms with Gasteiger partial charge in [0.05, 0.1) is 39.6 Å². The maximum atomic E-state index is 10.0. The SMILES string of the molecule is OC1CCCCC1Nc1c(Cl)cc(Cl)c2nsnc12. The van der Waals surface area contributed by atoms with Crippen molar-refractivity contribution in [1.29, 1.82) is 0 Å². The molecule has 0 bridgehead atoms. The molecule has 0 spiro atoms. The number of fused-ring (bicyclic) bond motifs is 1. The number of anilines is 1. The second kappa shape index (κ2) is 5.40. The summed E-state index contributed by atoms with van der Waals surface area (Å²) in [4.78, 5) is 0. The van der Waals surface area contributed by atoms with Crippen LogP contribution in [0.15, 0.2) is 6.07 Å². The van der Waals surface area contributed by atoms with E-state index in [9.17, 15) is 5.11 Å². The number of aromatic nitrogens is 2. The van der Waals surface area contributed by atoms with Crippen molar-refractivity contribution in [2.45, 2.75) is 37.8 Å². The predicted octanol–water partition coefficient (Wildman–Crippen LogP) is 3.71. The molecule has 2 unspecified atom stereocenters. The molecule has 0 radical (unpaired) electrons. The van der Waals surface area contributed by atoms with Crippen LogP contribution in [0.4, 0.5) is 5.69 Å². The lowest BCUT2D eigenvalue weighted by Gasteiger charge is -2.29. The third-order valence-electron chi connectivity index (χ3n) is 3.50. The number of halogens is 2. The molecule has 102 valence electrons. The molecular formula is C12H13Cl2N3OS. The van der Waals surface area contributed by atoms with Gasteiger partial charge < -0.3 is 10.4 Å². The quantitative estimate of drug-likeness (QED) is 0.886. The predicted molar refractivity (Wildman–Crippen MR) is 79.3 cm³/mol. The van der Waals surface area contributed by atoms with Gasteiger partial charge in [-0.2, -0.15) is 8.75 Å². The minimum atomic E-state index is -0.345. The molecule has 3 rings (SSSR count). The highest BCUT2D eigenvalue weighted by Crippen LogP contribution is 2.36. The van der Waals surface area contributed by atoms with E-state index in [1.165, 1.54) is 0 Å². The molecule has 2 aromatic rings. The average Bonchev–Trinajstić information content (AvgIpc) is 2.86. The number of rotatable bonds is 2. The summed E-state index contributed by atoms with van der Waals surface area (Å²) in [6.07, 6.45) is 3.59. The van der Waals surface area contributed by atoms with Gasteiger partial charge in [-0.05, 0) is 18.9 Å². The molecule has 1 aromatic carbocycles. The van der Waals surface area contributed by atoms with Crippen molar-refractivity contribution in [3.63, 3.8) is 0 Å². The Kier molecular flexibility index (Phi) is 3.80. The van der Waals surface area contributed by atoms with Crippen molar-refractivity contribution in [3.05, 3.63) is 16.1 Å². The van der Waals surface area contributed by atoms with E-state index in [1.54, 1.807) is 6.07 Å². The molecule has 1 aromatic heterocycles. The summed E-state index contributed by atoms with van der Waals surface area (Å²) in [6.45, 7) is 0. The third kappa shape index (κ3) is 2.52. The van der Waals surface area contributed by atoms with Crippen molar-refractivity contribution in [2.24, 2.45) is 0 Å². The highest BCUT2D eigenvalue weighted by Gasteiger charge is 2.25. The normalized spacial score (nSPS) is 23.7. The lowest BCUT2D eigenvalue weighted by atomic mass is 9.92. The number of benzene rings is 1. The van der Waals surface area contributed by atoms with Crippen molar-refractivity contribution in [3.8, 4) is 0 Å². The van der Waals surface area contributed by atoms with Gasteiger partial charge in [-0.3, -0.25) is 0 Å².